The monoisotopic (exact) mass is 319 g/mol. The van der Waals surface area contributed by atoms with Gasteiger partial charge in [-0.25, -0.2) is 0 Å². The van der Waals surface area contributed by atoms with Crippen molar-refractivity contribution >= 4 is 5.96 Å². The molecular weight excluding hydrogens is 294 g/mol. The number of hydrogen-bond acceptors (Lipinski definition) is 4. The second-order valence-corrected chi connectivity index (χ2v) is 5.73. The van der Waals surface area contributed by atoms with Crippen LogP contribution in [0.3, 0.4) is 0 Å². The Kier molecular flexibility index (Phi) is 5.23. The number of aliphatic imine (C=N–C) groups is 1. The first-order valence-electron chi connectivity index (χ1n) is 8.26. The van der Waals surface area contributed by atoms with Gasteiger partial charge in [-0.1, -0.05) is 6.07 Å². The topological polar surface area (TPSA) is 55.3 Å². The summed E-state index contributed by atoms with van der Waals surface area (Å²) in [6.07, 6.45) is 2.50. The normalized spacial score (nSPS) is 18.3. The van der Waals surface area contributed by atoms with Crippen molar-refractivity contribution in [1.29, 1.82) is 0 Å². The third-order valence-electron chi connectivity index (χ3n) is 4.24. The first-order chi connectivity index (χ1) is 11.3. The Morgan fingerprint density at radius 2 is 2.09 bits per heavy atom. The molecule has 0 spiro atoms. The maximum atomic E-state index is 5.70. The Hall–Kier alpha value is -1.95. The molecule has 0 aromatic heterocycles. The molecule has 1 aromatic carbocycles. The molecule has 1 aromatic rings. The summed E-state index contributed by atoms with van der Waals surface area (Å²) in [5.41, 5.74) is 1.15. The molecule has 2 aliphatic heterocycles. The Morgan fingerprint density at radius 1 is 1.30 bits per heavy atom. The molecule has 6 heteroatoms. The molecule has 23 heavy (non-hydrogen) atoms. The number of hydrogen-bond donors (Lipinski definition) is 1. The maximum absolute atomic E-state index is 5.70. The molecule has 2 aliphatic rings. The maximum Gasteiger partial charge on any atom is 0.231 e. The van der Waals surface area contributed by atoms with Crippen molar-refractivity contribution in [2.75, 3.05) is 33.5 Å². The van der Waals surface area contributed by atoms with Crippen LogP contribution in [0, 0.1) is 0 Å². The van der Waals surface area contributed by atoms with Gasteiger partial charge in [-0.3, -0.25) is 4.99 Å². The average Bonchev–Trinajstić information content (AvgIpc) is 3.05. The van der Waals surface area contributed by atoms with Gasteiger partial charge in [-0.15, -0.1) is 0 Å². The predicted molar refractivity (Wildman–Crippen MR) is 89.0 cm³/mol. The van der Waals surface area contributed by atoms with Gasteiger partial charge >= 0.3 is 0 Å². The molecule has 0 bridgehead atoms. The highest BCUT2D eigenvalue weighted by Gasteiger charge is 2.21. The second kappa shape index (κ2) is 7.55. The smallest absolute Gasteiger partial charge is 0.231 e. The molecule has 0 unspecified atom stereocenters. The Labute approximate surface area is 137 Å². The molecule has 0 amide bonds. The van der Waals surface area contributed by atoms with Crippen molar-refractivity contribution in [3.8, 4) is 11.5 Å². The van der Waals surface area contributed by atoms with E-state index in [0.717, 1.165) is 55.6 Å². The summed E-state index contributed by atoms with van der Waals surface area (Å²) in [4.78, 5) is 6.70. The lowest BCUT2D eigenvalue weighted by Gasteiger charge is -2.34. The number of benzene rings is 1. The third kappa shape index (κ3) is 3.88. The van der Waals surface area contributed by atoms with E-state index in [-0.39, 0.29) is 0 Å². The molecule has 2 heterocycles. The summed E-state index contributed by atoms with van der Waals surface area (Å²) in [5.74, 6) is 2.57. The van der Waals surface area contributed by atoms with E-state index in [2.05, 4.69) is 28.2 Å². The lowest BCUT2D eigenvalue weighted by atomic mass is 10.1. The predicted octanol–water partition coefficient (Wildman–Crippen LogP) is 1.99. The van der Waals surface area contributed by atoms with Crippen LogP contribution in [-0.2, 0) is 11.3 Å². The quantitative estimate of drug-likeness (QED) is 0.679. The summed E-state index contributed by atoms with van der Waals surface area (Å²) >= 11 is 0. The number of likely N-dealkylation sites (tertiary alicyclic amines) is 1. The number of rotatable bonds is 4. The van der Waals surface area contributed by atoms with E-state index in [1.165, 1.54) is 0 Å². The average molecular weight is 319 g/mol. The minimum absolute atomic E-state index is 0.308. The van der Waals surface area contributed by atoms with E-state index in [1.54, 1.807) is 0 Å². The third-order valence-corrected chi connectivity index (χ3v) is 4.24. The van der Waals surface area contributed by atoms with Gasteiger partial charge in [-0.2, -0.15) is 0 Å². The molecule has 1 saturated heterocycles. The van der Waals surface area contributed by atoms with Gasteiger partial charge in [0.05, 0.1) is 6.10 Å². The number of ether oxygens (including phenoxy) is 3. The fraction of sp³-hybridized carbons (Fsp3) is 0.588. The Morgan fingerprint density at radius 3 is 2.83 bits per heavy atom. The highest BCUT2D eigenvalue weighted by Crippen LogP contribution is 2.32. The van der Waals surface area contributed by atoms with Crippen LogP contribution in [0.15, 0.2) is 23.2 Å². The van der Waals surface area contributed by atoms with Crippen LogP contribution in [0.2, 0.25) is 0 Å². The molecule has 1 N–H and O–H groups in total. The SMILES string of the molecule is CCOC1CCN(C(=NC)NCc2ccc3c(c2)OCO3)CC1. The van der Waals surface area contributed by atoms with Crippen molar-refractivity contribution in [1.82, 2.24) is 10.2 Å². The van der Waals surface area contributed by atoms with Gasteiger partial charge in [-0.05, 0) is 37.5 Å². The lowest BCUT2D eigenvalue weighted by molar-refractivity contribution is 0.0263. The van der Waals surface area contributed by atoms with Gasteiger partial charge < -0.3 is 24.4 Å². The zero-order chi connectivity index (χ0) is 16.1. The van der Waals surface area contributed by atoms with E-state index in [1.807, 2.05) is 19.2 Å². The van der Waals surface area contributed by atoms with Crippen molar-refractivity contribution in [2.24, 2.45) is 4.99 Å². The summed E-state index contributed by atoms with van der Waals surface area (Å²) in [6.45, 7) is 5.83. The zero-order valence-corrected chi connectivity index (χ0v) is 13.9. The summed E-state index contributed by atoms with van der Waals surface area (Å²) in [6, 6.07) is 6.02. The Bertz CT molecular complexity index is 554. The summed E-state index contributed by atoms with van der Waals surface area (Å²) < 4.78 is 16.5. The van der Waals surface area contributed by atoms with Gasteiger partial charge in [0.15, 0.2) is 17.5 Å². The fourth-order valence-electron chi connectivity index (χ4n) is 3.03. The van der Waals surface area contributed by atoms with E-state index in [9.17, 15) is 0 Å². The lowest BCUT2D eigenvalue weighted by Crippen LogP contribution is -2.46. The van der Waals surface area contributed by atoms with E-state index < -0.39 is 0 Å². The molecule has 0 aliphatic carbocycles. The van der Waals surface area contributed by atoms with Crippen LogP contribution in [0.5, 0.6) is 11.5 Å². The summed E-state index contributed by atoms with van der Waals surface area (Å²) in [7, 11) is 1.83. The van der Waals surface area contributed by atoms with Crippen LogP contribution in [0.1, 0.15) is 25.3 Å². The van der Waals surface area contributed by atoms with Crippen LogP contribution in [0.4, 0.5) is 0 Å². The van der Waals surface area contributed by atoms with Crippen LogP contribution in [0.25, 0.3) is 0 Å². The number of piperidine rings is 1. The first-order valence-corrected chi connectivity index (χ1v) is 8.26. The molecule has 0 atom stereocenters. The minimum atomic E-state index is 0.308. The van der Waals surface area contributed by atoms with Gasteiger partial charge in [0, 0.05) is 33.3 Å². The van der Waals surface area contributed by atoms with Crippen LogP contribution >= 0.6 is 0 Å². The van der Waals surface area contributed by atoms with Crippen molar-refractivity contribution < 1.29 is 14.2 Å². The first kappa shape index (κ1) is 15.9. The second-order valence-electron chi connectivity index (χ2n) is 5.73. The van der Waals surface area contributed by atoms with Crippen molar-refractivity contribution in [3.05, 3.63) is 23.8 Å². The van der Waals surface area contributed by atoms with Crippen molar-refractivity contribution in [2.45, 2.75) is 32.4 Å². The fourth-order valence-corrected chi connectivity index (χ4v) is 3.03. The van der Waals surface area contributed by atoms with Gasteiger partial charge in [0.1, 0.15) is 0 Å². The van der Waals surface area contributed by atoms with E-state index in [0.29, 0.717) is 19.4 Å². The molecule has 126 valence electrons. The van der Waals surface area contributed by atoms with Gasteiger partial charge in [0.25, 0.3) is 0 Å². The molecule has 0 radical (unpaired) electrons. The number of nitrogens with one attached hydrogen (secondary N) is 1. The highest BCUT2D eigenvalue weighted by atomic mass is 16.7. The largest absolute Gasteiger partial charge is 0.454 e. The van der Waals surface area contributed by atoms with Gasteiger partial charge in [0.2, 0.25) is 6.79 Å². The van der Waals surface area contributed by atoms with E-state index in [4.69, 9.17) is 14.2 Å². The molecular formula is C17H25N3O3. The van der Waals surface area contributed by atoms with Crippen LogP contribution in [-0.4, -0.2) is 50.5 Å². The molecule has 6 nitrogen and oxygen atoms in total. The molecule has 3 rings (SSSR count). The zero-order valence-electron chi connectivity index (χ0n) is 13.9. The number of fused-ring (bicyclic) bond motifs is 1. The number of nitrogens with zero attached hydrogens (tertiary/aromatic N) is 2. The van der Waals surface area contributed by atoms with Crippen LogP contribution < -0.4 is 14.8 Å². The standard InChI is InChI=1S/C17H25N3O3/c1-3-21-14-6-8-20(9-7-14)17(18-2)19-11-13-4-5-15-16(10-13)23-12-22-15/h4-5,10,14H,3,6-9,11-12H2,1-2H3,(H,18,19). The minimum Gasteiger partial charge on any atom is -0.454 e. The Balaban J connectivity index is 1.52. The molecule has 1 fully saturated rings. The van der Waals surface area contributed by atoms with Crippen molar-refractivity contribution in [3.63, 3.8) is 0 Å². The highest BCUT2D eigenvalue weighted by molar-refractivity contribution is 5.80. The molecule has 0 saturated carbocycles. The summed E-state index contributed by atoms with van der Waals surface area (Å²) in [5, 5.41) is 3.43. The number of guanidine groups is 1. The van der Waals surface area contributed by atoms with E-state index >= 15 is 0 Å².